The summed E-state index contributed by atoms with van der Waals surface area (Å²) in [7, 11) is -3.25. The van der Waals surface area contributed by atoms with Crippen LogP contribution in [0.25, 0.3) is 0 Å². The molecule has 0 unspecified atom stereocenters. The molecule has 1 rings (SSSR count). The third-order valence-electron chi connectivity index (χ3n) is 2.94. The second kappa shape index (κ2) is 7.91. The van der Waals surface area contributed by atoms with E-state index >= 15 is 0 Å². The van der Waals surface area contributed by atoms with E-state index in [1.165, 1.54) is 18.2 Å². The summed E-state index contributed by atoms with van der Waals surface area (Å²) in [6, 6.07) is 4.86. The number of primary amides is 1. The van der Waals surface area contributed by atoms with E-state index in [-0.39, 0.29) is 11.3 Å². The molecule has 0 heterocycles. The van der Waals surface area contributed by atoms with E-state index in [0.29, 0.717) is 5.56 Å². The molecule has 0 aliphatic carbocycles. The molecule has 24 heavy (non-hydrogen) atoms. The van der Waals surface area contributed by atoms with Crippen molar-refractivity contribution >= 4 is 27.7 Å². The minimum Gasteiger partial charge on any atom is -0.448 e. The van der Waals surface area contributed by atoms with Gasteiger partial charge in [0.15, 0.2) is 15.9 Å². The third kappa shape index (κ3) is 6.37. The van der Waals surface area contributed by atoms with Gasteiger partial charge in [0.2, 0.25) is 0 Å². The monoisotopic (exact) mass is 356 g/mol. The van der Waals surface area contributed by atoms with Crippen molar-refractivity contribution in [2.75, 3.05) is 6.26 Å². The van der Waals surface area contributed by atoms with Gasteiger partial charge in [-0.25, -0.2) is 18.0 Å². The first-order valence-corrected chi connectivity index (χ1v) is 9.13. The molecule has 9 heteroatoms. The molecule has 0 saturated carbocycles. The normalized spacial score (nSPS) is 12.5. The fourth-order valence-corrected chi connectivity index (χ4v) is 2.74. The Hall–Kier alpha value is -2.42. The summed E-state index contributed by atoms with van der Waals surface area (Å²) in [5, 5.41) is 1.87. The number of imide groups is 1. The zero-order valence-electron chi connectivity index (χ0n) is 13.6. The predicted molar refractivity (Wildman–Crippen MR) is 86.8 cm³/mol. The summed E-state index contributed by atoms with van der Waals surface area (Å²) >= 11 is 0. The molecular formula is C15H20N2O6S. The number of nitrogens with two attached hydrogens (primary N) is 1. The zero-order valence-corrected chi connectivity index (χ0v) is 14.4. The maximum absolute atomic E-state index is 12.2. The van der Waals surface area contributed by atoms with Crippen molar-refractivity contribution in [3.63, 3.8) is 0 Å². The van der Waals surface area contributed by atoms with E-state index in [1.807, 2.05) is 5.32 Å². The van der Waals surface area contributed by atoms with Gasteiger partial charge in [0, 0.05) is 6.26 Å². The summed E-state index contributed by atoms with van der Waals surface area (Å²) < 4.78 is 27.8. The molecule has 1 aromatic carbocycles. The second-order valence-electron chi connectivity index (χ2n) is 5.69. The second-order valence-corrected chi connectivity index (χ2v) is 7.83. The van der Waals surface area contributed by atoms with Crippen molar-refractivity contribution in [3.05, 3.63) is 35.4 Å². The minimum atomic E-state index is -3.25. The van der Waals surface area contributed by atoms with Gasteiger partial charge < -0.3 is 10.5 Å². The Balaban J connectivity index is 2.94. The van der Waals surface area contributed by atoms with Crippen LogP contribution in [-0.4, -0.2) is 38.7 Å². The molecule has 8 nitrogen and oxygen atoms in total. The number of carbonyl (C=O) groups excluding carboxylic acids is 3. The van der Waals surface area contributed by atoms with Gasteiger partial charge in [0.25, 0.3) is 5.91 Å². The first-order chi connectivity index (χ1) is 11.0. The van der Waals surface area contributed by atoms with Gasteiger partial charge in [-0.3, -0.25) is 10.1 Å². The molecule has 1 aromatic rings. The van der Waals surface area contributed by atoms with Crippen LogP contribution in [0, 0.1) is 5.92 Å². The van der Waals surface area contributed by atoms with Gasteiger partial charge in [-0.15, -0.1) is 0 Å². The molecule has 0 aromatic heterocycles. The number of sulfone groups is 1. The number of esters is 1. The van der Waals surface area contributed by atoms with Crippen molar-refractivity contribution in [2.45, 2.75) is 25.7 Å². The molecule has 0 fully saturated rings. The first kappa shape index (κ1) is 19.6. The summed E-state index contributed by atoms with van der Waals surface area (Å²) in [4.78, 5) is 34.8. The lowest BCUT2D eigenvalue weighted by atomic mass is 10.1. The van der Waals surface area contributed by atoms with Crippen LogP contribution in [0.2, 0.25) is 0 Å². The highest BCUT2D eigenvalue weighted by Gasteiger charge is 2.28. The van der Waals surface area contributed by atoms with Gasteiger partial charge >= 0.3 is 12.0 Å². The zero-order chi connectivity index (χ0) is 18.5. The maximum Gasteiger partial charge on any atom is 0.338 e. The lowest BCUT2D eigenvalue weighted by molar-refractivity contribution is -0.130. The first-order valence-electron chi connectivity index (χ1n) is 7.07. The number of hydrogen-bond acceptors (Lipinski definition) is 6. The average molecular weight is 356 g/mol. The largest absolute Gasteiger partial charge is 0.448 e. The number of urea groups is 1. The minimum absolute atomic E-state index is 0.105. The number of carbonyl (C=O) groups is 3. The fourth-order valence-electron chi connectivity index (χ4n) is 1.96. The molecule has 0 spiro atoms. The van der Waals surface area contributed by atoms with Crippen LogP contribution in [-0.2, 0) is 25.1 Å². The molecule has 0 aliphatic rings. The topological polar surface area (TPSA) is 133 Å². The number of nitrogens with one attached hydrogen (secondary N) is 1. The third-order valence-corrected chi connectivity index (χ3v) is 3.79. The molecule has 3 N–H and O–H groups in total. The summed E-state index contributed by atoms with van der Waals surface area (Å²) in [6.45, 7) is 3.27. The number of ether oxygens (including phenoxy) is 1. The van der Waals surface area contributed by atoms with Crippen LogP contribution in [0.3, 0.4) is 0 Å². The van der Waals surface area contributed by atoms with Crippen LogP contribution in [0.15, 0.2) is 24.3 Å². The summed E-state index contributed by atoms with van der Waals surface area (Å²) in [5.41, 5.74) is 5.41. The Bertz CT molecular complexity index is 742. The van der Waals surface area contributed by atoms with Crippen LogP contribution >= 0.6 is 0 Å². The van der Waals surface area contributed by atoms with Crippen molar-refractivity contribution in [3.8, 4) is 0 Å². The lowest BCUT2D eigenvalue weighted by Crippen LogP contribution is -2.45. The van der Waals surface area contributed by atoms with Gasteiger partial charge in [-0.2, -0.15) is 0 Å². The smallest absolute Gasteiger partial charge is 0.338 e. The standard InChI is InChI=1S/C15H20N2O6S/c1-9(2)12(13(18)17-15(16)20)23-14(19)11-6-4-5-10(7-11)8-24(3,21)22/h4-7,9,12H,8H2,1-3H3,(H3,16,17,18,20)/t12-/m0/s1. The maximum atomic E-state index is 12.2. The molecule has 0 radical (unpaired) electrons. The Morgan fingerprint density at radius 1 is 1.25 bits per heavy atom. The van der Waals surface area contributed by atoms with E-state index in [9.17, 15) is 22.8 Å². The van der Waals surface area contributed by atoms with E-state index in [4.69, 9.17) is 10.5 Å². The Morgan fingerprint density at radius 3 is 2.38 bits per heavy atom. The van der Waals surface area contributed by atoms with Gasteiger partial charge in [-0.05, 0) is 23.6 Å². The van der Waals surface area contributed by atoms with Gasteiger partial charge in [-0.1, -0.05) is 26.0 Å². The molecule has 0 saturated heterocycles. The molecule has 3 amide bonds. The predicted octanol–water partition coefficient (Wildman–Crippen LogP) is 0.608. The Kier molecular flexibility index (Phi) is 6.47. The Labute approximate surface area is 140 Å². The summed E-state index contributed by atoms with van der Waals surface area (Å²) in [6.07, 6.45) is -0.121. The lowest BCUT2D eigenvalue weighted by Gasteiger charge is -2.20. The number of hydrogen-bond donors (Lipinski definition) is 2. The molecule has 132 valence electrons. The fraction of sp³-hybridized carbons (Fsp3) is 0.400. The highest BCUT2D eigenvalue weighted by molar-refractivity contribution is 7.89. The van der Waals surface area contributed by atoms with Crippen molar-refractivity contribution in [1.82, 2.24) is 5.32 Å². The van der Waals surface area contributed by atoms with Crippen molar-refractivity contribution in [2.24, 2.45) is 11.7 Å². The van der Waals surface area contributed by atoms with Gasteiger partial charge in [0.05, 0.1) is 11.3 Å². The highest BCUT2D eigenvalue weighted by Crippen LogP contribution is 2.14. The van der Waals surface area contributed by atoms with Gasteiger partial charge in [0.1, 0.15) is 0 Å². The molecular weight excluding hydrogens is 336 g/mol. The van der Waals surface area contributed by atoms with Crippen molar-refractivity contribution < 1.29 is 27.5 Å². The van der Waals surface area contributed by atoms with E-state index in [0.717, 1.165) is 6.26 Å². The van der Waals surface area contributed by atoms with Crippen LogP contribution in [0.1, 0.15) is 29.8 Å². The molecule has 0 aliphatic heterocycles. The quantitative estimate of drug-likeness (QED) is 0.718. The number of amides is 3. The SMILES string of the molecule is CC(C)[C@H](OC(=O)c1cccc(CS(C)(=O)=O)c1)C(=O)NC(N)=O. The number of rotatable bonds is 6. The van der Waals surface area contributed by atoms with Crippen molar-refractivity contribution in [1.29, 1.82) is 0 Å². The Morgan fingerprint density at radius 2 is 1.88 bits per heavy atom. The van der Waals surface area contributed by atoms with Crippen LogP contribution < -0.4 is 11.1 Å². The molecule has 0 bridgehead atoms. The van der Waals surface area contributed by atoms with Crippen LogP contribution in [0.5, 0.6) is 0 Å². The summed E-state index contributed by atoms with van der Waals surface area (Å²) in [5.74, 6) is -2.24. The van der Waals surface area contributed by atoms with Crippen LogP contribution in [0.4, 0.5) is 4.79 Å². The highest BCUT2D eigenvalue weighted by atomic mass is 32.2. The van der Waals surface area contributed by atoms with E-state index in [2.05, 4.69) is 0 Å². The van der Waals surface area contributed by atoms with E-state index < -0.39 is 39.8 Å². The van der Waals surface area contributed by atoms with E-state index in [1.54, 1.807) is 19.9 Å². The number of benzene rings is 1. The average Bonchev–Trinajstić information content (AvgIpc) is 2.41. The molecule has 1 atom stereocenters.